The van der Waals surface area contributed by atoms with Gasteiger partial charge in [0.15, 0.2) is 0 Å². The fourth-order valence-corrected chi connectivity index (χ4v) is 2.00. The van der Waals surface area contributed by atoms with Gasteiger partial charge in [-0.2, -0.15) is 13.2 Å². The Bertz CT molecular complexity index is 443. The van der Waals surface area contributed by atoms with Crippen molar-refractivity contribution in [2.24, 2.45) is 0 Å². The Kier molecular flexibility index (Phi) is 5.53. The molecule has 20 heavy (non-hydrogen) atoms. The molecule has 6 heteroatoms. The number of nitrogens with one attached hydrogen (secondary N) is 1. The molecule has 114 valence electrons. The van der Waals surface area contributed by atoms with Crippen LogP contribution in [-0.4, -0.2) is 17.3 Å². The SMILES string of the molecule is CCCC(C)(O)CNCc1ccc(F)c(C(F)(F)F)c1. The highest BCUT2D eigenvalue weighted by molar-refractivity contribution is 5.27. The monoisotopic (exact) mass is 293 g/mol. The van der Waals surface area contributed by atoms with Gasteiger partial charge < -0.3 is 10.4 Å². The molecule has 0 spiro atoms. The van der Waals surface area contributed by atoms with E-state index in [1.165, 1.54) is 6.07 Å². The maximum atomic E-state index is 13.1. The molecule has 0 heterocycles. The molecule has 0 radical (unpaired) electrons. The fraction of sp³-hybridized carbons (Fsp3) is 0.571. The van der Waals surface area contributed by atoms with Crippen molar-refractivity contribution in [2.75, 3.05) is 6.54 Å². The predicted molar refractivity (Wildman–Crippen MR) is 68.6 cm³/mol. The molecule has 0 saturated heterocycles. The Morgan fingerprint density at radius 3 is 2.45 bits per heavy atom. The molecule has 0 aromatic heterocycles. The van der Waals surface area contributed by atoms with Crippen LogP contribution in [0.2, 0.25) is 0 Å². The van der Waals surface area contributed by atoms with Gasteiger partial charge in [-0.3, -0.25) is 0 Å². The van der Waals surface area contributed by atoms with Crippen molar-refractivity contribution in [3.8, 4) is 0 Å². The van der Waals surface area contributed by atoms with Crippen molar-refractivity contribution in [3.63, 3.8) is 0 Å². The summed E-state index contributed by atoms with van der Waals surface area (Å²) in [5.41, 5.74) is -1.84. The second kappa shape index (κ2) is 6.54. The molecule has 0 aliphatic rings. The van der Waals surface area contributed by atoms with Gasteiger partial charge in [0.2, 0.25) is 0 Å². The summed E-state index contributed by atoms with van der Waals surface area (Å²) in [6.45, 7) is 4.00. The molecule has 0 aliphatic heterocycles. The molecule has 0 amide bonds. The third-order valence-electron chi connectivity index (χ3n) is 2.96. The van der Waals surface area contributed by atoms with Crippen molar-refractivity contribution in [1.82, 2.24) is 5.32 Å². The first-order valence-electron chi connectivity index (χ1n) is 6.44. The number of halogens is 4. The quantitative estimate of drug-likeness (QED) is 0.787. The standard InChI is InChI=1S/C14H19F4NO/c1-3-6-13(2,20)9-19-8-10-4-5-12(15)11(7-10)14(16,17)18/h4-5,7,19-20H,3,6,8-9H2,1-2H3. The lowest BCUT2D eigenvalue weighted by molar-refractivity contribution is -0.140. The highest BCUT2D eigenvalue weighted by Gasteiger charge is 2.34. The van der Waals surface area contributed by atoms with Gasteiger partial charge in [0.25, 0.3) is 0 Å². The first-order chi connectivity index (χ1) is 9.15. The average molecular weight is 293 g/mol. The van der Waals surface area contributed by atoms with Crippen LogP contribution >= 0.6 is 0 Å². The van der Waals surface area contributed by atoms with Crippen LogP contribution in [0, 0.1) is 5.82 Å². The minimum Gasteiger partial charge on any atom is -0.389 e. The van der Waals surface area contributed by atoms with E-state index in [9.17, 15) is 22.7 Å². The maximum Gasteiger partial charge on any atom is 0.419 e. The largest absolute Gasteiger partial charge is 0.419 e. The summed E-state index contributed by atoms with van der Waals surface area (Å²) in [7, 11) is 0. The molecule has 1 atom stereocenters. The average Bonchev–Trinajstić information content (AvgIpc) is 2.29. The molecular formula is C14H19F4NO. The molecule has 0 saturated carbocycles. The minimum absolute atomic E-state index is 0.142. The summed E-state index contributed by atoms with van der Waals surface area (Å²) in [4.78, 5) is 0. The first-order valence-corrected chi connectivity index (χ1v) is 6.44. The normalized spacial score (nSPS) is 15.2. The summed E-state index contributed by atoms with van der Waals surface area (Å²) >= 11 is 0. The lowest BCUT2D eigenvalue weighted by Crippen LogP contribution is -2.37. The molecule has 2 N–H and O–H groups in total. The summed E-state index contributed by atoms with van der Waals surface area (Å²) in [5.74, 6) is -1.28. The van der Waals surface area contributed by atoms with Gasteiger partial charge in [-0.05, 0) is 31.0 Å². The predicted octanol–water partition coefficient (Wildman–Crippen LogP) is 3.49. The molecule has 0 fully saturated rings. The number of hydrogen-bond acceptors (Lipinski definition) is 2. The molecule has 0 aliphatic carbocycles. The van der Waals surface area contributed by atoms with Gasteiger partial charge in [-0.25, -0.2) is 4.39 Å². The number of rotatable bonds is 6. The third kappa shape index (κ3) is 5.09. The first kappa shape index (κ1) is 16.9. The molecular weight excluding hydrogens is 274 g/mol. The molecule has 1 aromatic carbocycles. The number of alkyl halides is 3. The second-order valence-electron chi connectivity index (χ2n) is 5.16. The van der Waals surface area contributed by atoms with E-state index in [1.807, 2.05) is 6.92 Å². The molecule has 1 aromatic rings. The van der Waals surface area contributed by atoms with Gasteiger partial charge in [0.1, 0.15) is 5.82 Å². The summed E-state index contributed by atoms with van der Waals surface area (Å²) < 4.78 is 50.7. The van der Waals surface area contributed by atoms with Gasteiger partial charge in [0.05, 0.1) is 11.2 Å². The molecule has 2 nitrogen and oxygen atoms in total. The molecule has 0 bridgehead atoms. The van der Waals surface area contributed by atoms with Crippen LogP contribution in [0.4, 0.5) is 17.6 Å². The Balaban J connectivity index is 2.66. The summed E-state index contributed by atoms with van der Waals surface area (Å²) in [6.07, 6.45) is -3.30. The highest BCUT2D eigenvalue weighted by Crippen LogP contribution is 2.31. The van der Waals surface area contributed by atoms with Gasteiger partial charge in [-0.1, -0.05) is 19.4 Å². The van der Waals surface area contributed by atoms with E-state index in [1.54, 1.807) is 6.92 Å². The van der Waals surface area contributed by atoms with Gasteiger partial charge in [-0.15, -0.1) is 0 Å². The van der Waals surface area contributed by atoms with Crippen LogP contribution in [0.25, 0.3) is 0 Å². The van der Waals surface area contributed by atoms with E-state index >= 15 is 0 Å². The fourth-order valence-electron chi connectivity index (χ4n) is 2.00. The Morgan fingerprint density at radius 2 is 1.90 bits per heavy atom. The Morgan fingerprint density at radius 1 is 1.25 bits per heavy atom. The van der Waals surface area contributed by atoms with E-state index in [0.29, 0.717) is 12.0 Å². The van der Waals surface area contributed by atoms with E-state index < -0.39 is 23.2 Å². The topological polar surface area (TPSA) is 32.3 Å². The zero-order valence-electron chi connectivity index (χ0n) is 11.5. The Labute approximate surface area is 115 Å². The maximum absolute atomic E-state index is 13.1. The van der Waals surface area contributed by atoms with Crippen molar-refractivity contribution < 1.29 is 22.7 Å². The summed E-state index contributed by atoms with van der Waals surface area (Å²) in [5, 5.41) is 12.8. The van der Waals surface area contributed by atoms with Crippen LogP contribution in [0.5, 0.6) is 0 Å². The second-order valence-corrected chi connectivity index (χ2v) is 5.16. The molecule has 1 unspecified atom stereocenters. The zero-order chi connectivity index (χ0) is 15.4. The molecule has 1 rings (SSSR count). The van der Waals surface area contributed by atoms with Crippen LogP contribution in [0.1, 0.15) is 37.8 Å². The van der Waals surface area contributed by atoms with Gasteiger partial charge >= 0.3 is 6.18 Å². The van der Waals surface area contributed by atoms with Crippen molar-refractivity contribution in [2.45, 2.75) is 45.0 Å². The lowest BCUT2D eigenvalue weighted by atomic mass is 10.0. The van der Waals surface area contributed by atoms with E-state index in [0.717, 1.165) is 18.6 Å². The zero-order valence-corrected chi connectivity index (χ0v) is 11.5. The lowest BCUT2D eigenvalue weighted by Gasteiger charge is -2.23. The van der Waals surface area contributed by atoms with E-state index in [2.05, 4.69) is 5.32 Å². The number of aliphatic hydroxyl groups is 1. The number of benzene rings is 1. The minimum atomic E-state index is -4.70. The van der Waals surface area contributed by atoms with Crippen molar-refractivity contribution in [3.05, 3.63) is 35.1 Å². The Hall–Kier alpha value is -1.14. The van der Waals surface area contributed by atoms with E-state index in [4.69, 9.17) is 0 Å². The summed E-state index contributed by atoms with van der Waals surface area (Å²) in [6, 6.07) is 2.90. The highest BCUT2D eigenvalue weighted by atomic mass is 19.4. The van der Waals surface area contributed by atoms with Crippen molar-refractivity contribution in [1.29, 1.82) is 0 Å². The number of hydrogen-bond donors (Lipinski definition) is 2. The van der Waals surface area contributed by atoms with Crippen LogP contribution in [0.3, 0.4) is 0 Å². The third-order valence-corrected chi connectivity index (χ3v) is 2.96. The van der Waals surface area contributed by atoms with Crippen LogP contribution in [-0.2, 0) is 12.7 Å². The smallest absolute Gasteiger partial charge is 0.389 e. The van der Waals surface area contributed by atoms with E-state index in [-0.39, 0.29) is 13.1 Å². The van der Waals surface area contributed by atoms with Crippen LogP contribution < -0.4 is 5.32 Å². The van der Waals surface area contributed by atoms with Crippen LogP contribution in [0.15, 0.2) is 18.2 Å². The van der Waals surface area contributed by atoms with Crippen molar-refractivity contribution >= 4 is 0 Å². The van der Waals surface area contributed by atoms with Gasteiger partial charge in [0, 0.05) is 13.1 Å².